The van der Waals surface area contributed by atoms with Crippen molar-refractivity contribution in [3.05, 3.63) is 0 Å². The number of rotatable bonds is 13. The van der Waals surface area contributed by atoms with E-state index >= 15 is 0 Å². The SMILES string of the molecule is CC(O)C(NC(=O)C1CCCN1C(=O)C(N)CC(N)=O)C(=O)NC(CCCCN)C(=O)O. The minimum atomic E-state index is -1.43. The number of aliphatic carboxylic acids is 1. The average Bonchev–Trinajstić information content (AvgIpc) is 3.19. The van der Waals surface area contributed by atoms with Gasteiger partial charge in [0.05, 0.1) is 18.6 Å². The van der Waals surface area contributed by atoms with Crippen LogP contribution < -0.4 is 27.8 Å². The topological polar surface area (TPSA) is 231 Å². The zero-order valence-corrected chi connectivity index (χ0v) is 18.2. The summed E-state index contributed by atoms with van der Waals surface area (Å²) >= 11 is 0. The molecule has 1 heterocycles. The Labute approximate surface area is 186 Å². The molecule has 32 heavy (non-hydrogen) atoms. The lowest BCUT2D eigenvalue weighted by Crippen LogP contribution is -2.59. The molecule has 0 bridgehead atoms. The molecule has 13 nitrogen and oxygen atoms in total. The maximum absolute atomic E-state index is 12.8. The third-order valence-electron chi connectivity index (χ3n) is 5.20. The lowest BCUT2D eigenvalue weighted by Gasteiger charge is -2.29. The van der Waals surface area contributed by atoms with Crippen molar-refractivity contribution in [2.75, 3.05) is 13.1 Å². The molecule has 10 N–H and O–H groups in total. The van der Waals surface area contributed by atoms with Crippen molar-refractivity contribution in [1.82, 2.24) is 15.5 Å². The molecule has 0 radical (unpaired) electrons. The first kappa shape index (κ1) is 27.3. The van der Waals surface area contributed by atoms with E-state index in [-0.39, 0.29) is 19.4 Å². The standard InChI is InChI=1S/C19H34N6O7/c1-10(26)15(17(29)23-12(19(31)32)5-2-3-7-20)24-16(28)13-6-4-8-25(13)18(30)11(21)9-14(22)27/h10-13,15,26H,2-9,20-21H2,1H3,(H2,22,27)(H,23,29)(H,24,28)(H,31,32). The fourth-order valence-corrected chi connectivity index (χ4v) is 3.49. The van der Waals surface area contributed by atoms with Crippen LogP contribution in [0.15, 0.2) is 0 Å². The maximum Gasteiger partial charge on any atom is 0.326 e. The van der Waals surface area contributed by atoms with Crippen molar-refractivity contribution >= 4 is 29.6 Å². The van der Waals surface area contributed by atoms with Gasteiger partial charge < -0.3 is 42.9 Å². The molecule has 0 aromatic carbocycles. The van der Waals surface area contributed by atoms with Gasteiger partial charge in [0.1, 0.15) is 18.1 Å². The fraction of sp³-hybridized carbons (Fsp3) is 0.737. The number of carboxylic acids is 1. The molecule has 1 fully saturated rings. The Kier molecular flexibility index (Phi) is 11.0. The molecule has 0 aromatic rings. The van der Waals surface area contributed by atoms with Crippen molar-refractivity contribution in [3.63, 3.8) is 0 Å². The molecule has 0 aromatic heterocycles. The molecule has 4 amide bonds. The number of primary amides is 1. The summed E-state index contributed by atoms with van der Waals surface area (Å²) in [5, 5.41) is 24.0. The van der Waals surface area contributed by atoms with Gasteiger partial charge in [-0.2, -0.15) is 0 Å². The summed E-state index contributed by atoms with van der Waals surface area (Å²) in [5.74, 6) is -4.18. The van der Waals surface area contributed by atoms with Crippen molar-refractivity contribution in [3.8, 4) is 0 Å². The minimum absolute atomic E-state index is 0.140. The van der Waals surface area contributed by atoms with E-state index in [9.17, 15) is 34.2 Å². The van der Waals surface area contributed by atoms with Crippen molar-refractivity contribution in [1.29, 1.82) is 0 Å². The predicted octanol–water partition coefficient (Wildman–Crippen LogP) is -3.26. The highest BCUT2D eigenvalue weighted by atomic mass is 16.4. The summed E-state index contributed by atoms with van der Waals surface area (Å²) in [6, 6.07) is -4.78. The van der Waals surface area contributed by atoms with Crippen molar-refractivity contribution in [2.45, 2.75) is 75.7 Å². The van der Waals surface area contributed by atoms with Crippen LogP contribution in [0.3, 0.4) is 0 Å². The zero-order valence-electron chi connectivity index (χ0n) is 18.2. The Bertz CT molecular complexity index is 702. The van der Waals surface area contributed by atoms with Crippen LogP contribution in [0.5, 0.6) is 0 Å². The predicted molar refractivity (Wildman–Crippen MR) is 113 cm³/mol. The van der Waals surface area contributed by atoms with Crippen LogP contribution in [0, 0.1) is 0 Å². The molecule has 5 atom stereocenters. The van der Waals surface area contributed by atoms with Crippen LogP contribution in [-0.2, 0) is 24.0 Å². The van der Waals surface area contributed by atoms with E-state index in [4.69, 9.17) is 17.2 Å². The first-order valence-corrected chi connectivity index (χ1v) is 10.6. The number of nitrogens with zero attached hydrogens (tertiary/aromatic N) is 1. The van der Waals surface area contributed by atoms with Gasteiger partial charge in [0.15, 0.2) is 0 Å². The fourth-order valence-electron chi connectivity index (χ4n) is 3.49. The highest BCUT2D eigenvalue weighted by molar-refractivity contribution is 5.95. The number of hydrogen-bond donors (Lipinski definition) is 7. The molecule has 1 saturated heterocycles. The van der Waals surface area contributed by atoms with Gasteiger partial charge >= 0.3 is 5.97 Å². The number of amides is 4. The van der Waals surface area contributed by atoms with E-state index in [0.717, 1.165) is 0 Å². The quantitative estimate of drug-likeness (QED) is 0.137. The van der Waals surface area contributed by atoms with E-state index in [1.54, 1.807) is 0 Å². The molecule has 0 spiro atoms. The summed E-state index contributed by atoms with van der Waals surface area (Å²) in [4.78, 5) is 61.6. The van der Waals surface area contributed by atoms with Gasteiger partial charge in [-0.25, -0.2) is 4.79 Å². The maximum atomic E-state index is 12.8. The molecular weight excluding hydrogens is 424 g/mol. The monoisotopic (exact) mass is 458 g/mol. The molecule has 1 aliphatic rings. The first-order valence-electron chi connectivity index (χ1n) is 10.6. The number of aliphatic hydroxyl groups excluding tert-OH is 1. The average molecular weight is 459 g/mol. The highest BCUT2D eigenvalue weighted by Crippen LogP contribution is 2.19. The second-order valence-corrected chi connectivity index (χ2v) is 7.88. The Morgan fingerprint density at radius 3 is 2.34 bits per heavy atom. The van der Waals surface area contributed by atoms with E-state index in [1.165, 1.54) is 11.8 Å². The third-order valence-corrected chi connectivity index (χ3v) is 5.20. The second kappa shape index (κ2) is 12.9. The number of carbonyl (C=O) groups excluding carboxylic acids is 4. The number of likely N-dealkylation sites (tertiary alicyclic amines) is 1. The van der Waals surface area contributed by atoms with Crippen LogP contribution in [0.25, 0.3) is 0 Å². The van der Waals surface area contributed by atoms with Crippen LogP contribution in [0.1, 0.15) is 45.4 Å². The first-order chi connectivity index (χ1) is 15.0. The van der Waals surface area contributed by atoms with Crippen molar-refractivity contribution < 1.29 is 34.2 Å². The van der Waals surface area contributed by atoms with Gasteiger partial charge in [-0.1, -0.05) is 0 Å². The van der Waals surface area contributed by atoms with Gasteiger partial charge in [-0.3, -0.25) is 19.2 Å². The van der Waals surface area contributed by atoms with Crippen LogP contribution >= 0.6 is 0 Å². The summed E-state index contributed by atoms with van der Waals surface area (Å²) in [6.45, 7) is 1.89. The van der Waals surface area contributed by atoms with Crippen LogP contribution in [0.2, 0.25) is 0 Å². The second-order valence-electron chi connectivity index (χ2n) is 7.88. The molecule has 182 valence electrons. The summed E-state index contributed by atoms with van der Waals surface area (Å²) in [6.07, 6.45) is 0.293. The normalized spacial score (nSPS) is 19.5. The molecule has 1 aliphatic heterocycles. The number of unbranched alkanes of at least 4 members (excludes halogenated alkanes) is 1. The minimum Gasteiger partial charge on any atom is -0.480 e. The van der Waals surface area contributed by atoms with E-state index in [0.29, 0.717) is 32.2 Å². The number of hydrogen-bond acceptors (Lipinski definition) is 8. The van der Waals surface area contributed by atoms with Gasteiger partial charge in [-0.15, -0.1) is 0 Å². The zero-order chi connectivity index (χ0) is 24.4. The van der Waals surface area contributed by atoms with Gasteiger partial charge in [0, 0.05) is 6.54 Å². The molecule has 5 unspecified atom stereocenters. The Hall–Kier alpha value is -2.77. The molecule has 0 aliphatic carbocycles. The lowest BCUT2D eigenvalue weighted by atomic mass is 10.1. The Balaban J connectivity index is 2.84. The van der Waals surface area contributed by atoms with E-state index in [2.05, 4.69) is 10.6 Å². The number of nitrogens with one attached hydrogen (secondary N) is 2. The van der Waals surface area contributed by atoms with E-state index < -0.39 is 59.9 Å². The van der Waals surface area contributed by atoms with Crippen LogP contribution in [0.4, 0.5) is 0 Å². The number of carboxylic acid groups (broad SMARTS) is 1. The number of nitrogens with two attached hydrogens (primary N) is 3. The number of carbonyl (C=O) groups is 5. The smallest absolute Gasteiger partial charge is 0.326 e. The molecule has 0 saturated carbocycles. The van der Waals surface area contributed by atoms with Gasteiger partial charge in [0.25, 0.3) is 0 Å². The van der Waals surface area contributed by atoms with Crippen molar-refractivity contribution in [2.24, 2.45) is 17.2 Å². The Morgan fingerprint density at radius 1 is 1.16 bits per heavy atom. The summed E-state index contributed by atoms with van der Waals surface area (Å²) in [7, 11) is 0. The largest absolute Gasteiger partial charge is 0.480 e. The number of aliphatic hydroxyl groups is 1. The third kappa shape index (κ3) is 8.05. The summed E-state index contributed by atoms with van der Waals surface area (Å²) in [5.41, 5.74) is 16.2. The molecule has 1 rings (SSSR count). The summed E-state index contributed by atoms with van der Waals surface area (Å²) < 4.78 is 0. The van der Waals surface area contributed by atoms with Gasteiger partial charge in [0.2, 0.25) is 23.6 Å². The highest BCUT2D eigenvalue weighted by Gasteiger charge is 2.39. The Morgan fingerprint density at radius 2 is 1.81 bits per heavy atom. The van der Waals surface area contributed by atoms with Gasteiger partial charge in [-0.05, 0) is 45.6 Å². The molecular formula is C19H34N6O7. The molecule has 13 heteroatoms. The van der Waals surface area contributed by atoms with Crippen LogP contribution in [-0.4, -0.2) is 88.1 Å². The lowest BCUT2D eigenvalue weighted by molar-refractivity contribution is -0.144. The van der Waals surface area contributed by atoms with E-state index in [1.807, 2.05) is 0 Å².